The number of amides is 1. The van der Waals surface area contributed by atoms with Gasteiger partial charge in [-0.05, 0) is 41.0 Å². The summed E-state index contributed by atoms with van der Waals surface area (Å²) in [5.41, 5.74) is 4.78. The molecule has 4 nitrogen and oxygen atoms in total. The first kappa shape index (κ1) is 19.9. The number of benzene rings is 4. The number of hydrogen-bond donors (Lipinski definition) is 1. The van der Waals surface area contributed by atoms with Gasteiger partial charge in [-0.15, -0.1) is 0 Å². The highest BCUT2D eigenvalue weighted by molar-refractivity contribution is 6.01. The van der Waals surface area contributed by atoms with Gasteiger partial charge in [-0.3, -0.25) is 4.79 Å². The van der Waals surface area contributed by atoms with E-state index in [9.17, 15) is 4.79 Å². The number of carbonyl (C=O) groups is 1. The first-order valence-corrected chi connectivity index (χ1v) is 10.7. The van der Waals surface area contributed by atoms with Crippen molar-refractivity contribution in [3.05, 3.63) is 131 Å². The highest BCUT2D eigenvalue weighted by Gasteiger charge is 2.32. The fourth-order valence-electron chi connectivity index (χ4n) is 3.99. The topological polar surface area (TPSA) is 41.6 Å². The molecule has 0 unspecified atom stereocenters. The molecule has 0 aliphatic carbocycles. The Morgan fingerprint density at radius 2 is 1.34 bits per heavy atom. The summed E-state index contributed by atoms with van der Waals surface area (Å²) in [6.07, 6.45) is -0.263. The van der Waals surface area contributed by atoms with Crippen molar-refractivity contribution in [2.24, 2.45) is 0 Å². The van der Waals surface area contributed by atoms with Crippen LogP contribution in [0.3, 0.4) is 0 Å². The van der Waals surface area contributed by atoms with Gasteiger partial charge in [0.2, 0.25) is 0 Å². The largest absolute Gasteiger partial charge is 0.489 e. The van der Waals surface area contributed by atoms with Gasteiger partial charge in [0, 0.05) is 12.2 Å². The fourth-order valence-corrected chi connectivity index (χ4v) is 3.99. The first-order valence-electron chi connectivity index (χ1n) is 10.7. The average Bonchev–Trinajstić information content (AvgIpc) is 2.86. The number of rotatable bonds is 6. The van der Waals surface area contributed by atoms with Gasteiger partial charge in [0.1, 0.15) is 18.5 Å². The molecule has 1 atom stereocenters. The molecule has 4 aromatic rings. The van der Waals surface area contributed by atoms with Crippen molar-refractivity contribution in [3.8, 4) is 5.75 Å². The molecular formula is C28H24N2O2. The molecule has 0 bridgehead atoms. The third kappa shape index (κ3) is 4.21. The number of anilines is 1. The molecule has 0 radical (unpaired) electrons. The second kappa shape index (κ2) is 8.98. The van der Waals surface area contributed by atoms with Crippen LogP contribution in [-0.4, -0.2) is 10.8 Å². The third-order valence-corrected chi connectivity index (χ3v) is 5.66. The van der Waals surface area contributed by atoms with Crippen LogP contribution in [0.15, 0.2) is 109 Å². The van der Waals surface area contributed by atoms with E-state index in [1.165, 1.54) is 0 Å². The molecule has 5 rings (SSSR count). The molecule has 32 heavy (non-hydrogen) atoms. The second-order valence-corrected chi connectivity index (χ2v) is 7.85. The maximum Gasteiger partial charge on any atom is 0.258 e. The lowest BCUT2D eigenvalue weighted by Gasteiger charge is -2.38. The van der Waals surface area contributed by atoms with Gasteiger partial charge in [0.05, 0.1) is 5.56 Å². The first-order chi connectivity index (χ1) is 15.8. The maximum absolute atomic E-state index is 13.4. The zero-order valence-corrected chi connectivity index (χ0v) is 17.6. The molecule has 158 valence electrons. The lowest BCUT2D eigenvalue weighted by Crippen LogP contribution is -2.42. The Kier molecular flexibility index (Phi) is 5.58. The molecule has 0 saturated carbocycles. The molecular weight excluding hydrogens is 396 g/mol. The van der Waals surface area contributed by atoms with Gasteiger partial charge in [-0.2, -0.15) is 0 Å². The summed E-state index contributed by atoms with van der Waals surface area (Å²) in [4.78, 5) is 15.3. The molecule has 1 aliphatic heterocycles. The summed E-state index contributed by atoms with van der Waals surface area (Å²) in [5, 5.41) is 3.56. The van der Waals surface area contributed by atoms with Crippen LogP contribution >= 0.6 is 0 Å². The van der Waals surface area contributed by atoms with E-state index < -0.39 is 0 Å². The van der Waals surface area contributed by atoms with Crippen LogP contribution < -0.4 is 10.1 Å². The molecule has 0 saturated heterocycles. The quantitative estimate of drug-likeness (QED) is 0.414. The zero-order valence-electron chi connectivity index (χ0n) is 17.6. The van der Waals surface area contributed by atoms with Crippen molar-refractivity contribution < 1.29 is 9.53 Å². The smallest absolute Gasteiger partial charge is 0.258 e. The third-order valence-electron chi connectivity index (χ3n) is 5.66. The summed E-state index contributed by atoms with van der Waals surface area (Å²) in [5.74, 6) is 0.826. The number of para-hydroxylation sites is 1. The molecule has 4 aromatic carbocycles. The Morgan fingerprint density at radius 3 is 2.06 bits per heavy atom. The Hall–Kier alpha value is -4.05. The number of carbonyl (C=O) groups excluding carboxylic acids is 1. The van der Waals surface area contributed by atoms with E-state index in [1.54, 1.807) is 0 Å². The van der Waals surface area contributed by atoms with E-state index in [0.717, 1.165) is 28.1 Å². The van der Waals surface area contributed by atoms with Crippen LogP contribution in [0.2, 0.25) is 0 Å². The molecule has 0 fully saturated rings. The molecule has 4 heteroatoms. The molecule has 1 heterocycles. The van der Waals surface area contributed by atoms with E-state index in [1.807, 2.05) is 114 Å². The number of nitrogens with one attached hydrogen (secondary N) is 1. The Balaban J connectivity index is 1.40. The fraction of sp³-hybridized carbons (Fsp3) is 0.107. The normalized spacial score (nSPS) is 15.1. The zero-order chi connectivity index (χ0) is 21.8. The van der Waals surface area contributed by atoms with E-state index in [-0.39, 0.29) is 12.1 Å². The number of fused-ring (bicyclic) bond motifs is 1. The minimum Gasteiger partial charge on any atom is -0.489 e. The Labute approximate surface area is 188 Å². The van der Waals surface area contributed by atoms with Crippen LogP contribution in [-0.2, 0) is 13.2 Å². The summed E-state index contributed by atoms with van der Waals surface area (Å²) in [6.45, 7) is 1.05. The molecule has 0 aromatic heterocycles. The van der Waals surface area contributed by atoms with E-state index in [2.05, 4.69) is 5.32 Å². The van der Waals surface area contributed by atoms with Gasteiger partial charge >= 0.3 is 0 Å². The lowest BCUT2D eigenvalue weighted by molar-refractivity contribution is 0.0666. The maximum atomic E-state index is 13.4. The lowest BCUT2D eigenvalue weighted by atomic mass is 10.0. The predicted octanol–water partition coefficient (Wildman–Crippen LogP) is 6.03. The molecule has 1 amide bonds. The minimum atomic E-state index is -0.263. The van der Waals surface area contributed by atoms with E-state index in [4.69, 9.17) is 4.74 Å². The monoisotopic (exact) mass is 420 g/mol. The second-order valence-electron chi connectivity index (χ2n) is 7.85. The minimum absolute atomic E-state index is 0.0256. The van der Waals surface area contributed by atoms with Gasteiger partial charge in [-0.1, -0.05) is 84.9 Å². The Bertz CT molecular complexity index is 1190. The van der Waals surface area contributed by atoms with E-state index in [0.29, 0.717) is 18.7 Å². The van der Waals surface area contributed by atoms with Crippen LogP contribution in [0.25, 0.3) is 0 Å². The van der Waals surface area contributed by atoms with Crippen molar-refractivity contribution in [1.29, 1.82) is 0 Å². The van der Waals surface area contributed by atoms with Crippen molar-refractivity contribution in [2.45, 2.75) is 19.3 Å². The van der Waals surface area contributed by atoms with E-state index >= 15 is 0 Å². The van der Waals surface area contributed by atoms with Crippen LogP contribution in [0, 0.1) is 0 Å². The SMILES string of the molecule is O=C1c2ccccc2N[C@H](c2ccc(OCc3ccccc3)cc2)N1Cc1ccccc1. The summed E-state index contributed by atoms with van der Waals surface area (Å²) < 4.78 is 5.93. The summed E-state index contributed by atoms with van der Waals surface area (Å²) in [7, 11) is 0. The number of hydrogen-bond acceptors (Lipinski definition) is 3. The highest BCUT2D eigenvalue weighted by Crippen LogP contribution is 2.34. The van der Waals surface area contributed by atoms with Gasteiger partial charge in [0.25, 0.3) is 5.91 Å². The van der Waals surface area contributed by atoms with Crippen molar-refractivity contribution in [2.75, 3.05) is 5.32 Å². The van der Waals surface area contributed by atoms with Crippen LogP contribution in [0.1, 0.15) is 33.2 Å². The van der Waals surface area contributed by atoms with Crippen molar-refractivity contribution >= 4 is 11.6 Å². The molecule has 1 aliphatic rings. The summed E-state index contributed by atoms with van der Waals surface area (Å²) >= 11 is 0. The summed E-state index contributed by atoms with van der Waals surface area (Å²) in [6, 6.07) is 35.8. The van der Waals surface area contributed by atoms with Gasteiger partial charge in [-0.25, -0.2) is 0 Å². The predicted molar refractivity (Wildman–Crippen MR) is 126 cm³/mol. The number of ether oxygens (including phenoxy) is 1. The average molecular weight is 421 g/mol. The van der Waals surface area contributed by atoms with Crippen molar-refractivity contribution in [3.63, 3.8) is 0 Å². The van der Waals surface area contributed by atoms with Gasteiger partial charge < -0.3 is 15.0 Å². The molecule has 0 spiro atoms. The van der Waals surface area contributed by atoms with Crippen LogP contribution in [0.4, 0.5) is 5.69 Å². The van der Waals surface area contributed by atoms with Gasteiger partial charge in [0.15, 0.2) is 0 Å². The van der Waals surface area contributed by atoms with Crippen LogP contribution in [0.5, 0.6) is 5.75 Å². The Morgan fingerprint density at radius 1 is 0.719 bits per heavy atom. The molecule has 1 N–H and O–H groups in total. The number of nitrogens with zero attached hydrogens (tertiary/aromatic N) is 1. The van der Waals surface area contributed by atoms with Crippen molar-refractivity contribution in [1.82, 2.24) is 4.90 Å². The highest BCUT2D eigenvalue weighted by atomic mass is 16.5. The standard InChI is InChI=1S/C28H24N2O2/c31-28-25-13-7-8-14-26(25)29-27(30(28)19-21-9-3-1-4-10-21)23-15-17-24(18-16-23)32-20-22-11-5-2-6-12-22/h1-18,27,29H,19-20H2/t27-/m0/s1.